The highest BCUT2D eigenvalue weighted by molar-refractivity contribution is 6.06. The molecule has 0 aliphatic carbocycles. The normalized spacial score (nSPS) is 14.2. The van der Waals surface area contributed by atoms with Crippen LogP contribution >= 0.6 is 0 Å². The number of hydrogen-bond acceptors (Lipinski definition) is 3. The highest BCUT2D eigenvalue weighted by Crippen LogP contribution is 2.18. The summed E-state index contributed by atoms with van der Waals surface area (Å²) in [5.74, 6) is 0.520. The van der Waals surface area contributed by atoms with Crippen molar-refractivity contribution >= 4 is 5.78 Å². The minimum atomic E-state index is 0.000207. The predicted molar refractivity (Wildman–Crippen MR) is 73.2 cm³/mol. The summed E-state index contributed by atoms with van der Waals surface area (Å²) in [7, 11) is 0. The highest BCUT2D eigenvalue weighted by atomic mass is 16.1. The summed E-state index contributed by atoms with van der Waals surface area (Å²) >= 11 is 0. The molecule has 0 unspecified atom stereocenters. The Morgan fingerprint density at radius 1 is 1.42 bits per heavy atom. The first-order valence-corrected chi connectivity index (χ1v) is 6.68. The van der Waals surface area contributed by atoms with Gasteiger partial charge < -0.3 is 9.88 Å². The molecule has 1 aromatic heterocycles. The van der Waals surface area contributed by atoms with E-state index in [0.29, 0.717) is 5.82 Å². The molecular weight excluding hydrogens is 238 g/mol. The average Bonchev–Trinajstić information content (AvgIpc) is 2.94. The van der Waals surface area contributed by atoms with Gasteiger partial charge in [0.05, 0.1) is 0 Å². The van der Waals surface area contributed by atoms with Gasteiger partial charge in [0, 0.05) is 31.0 Å². The van der Waals surface area contributed by atoms with Crippen molar-refractivity contribution in [3.05, 3.63) is 53.1 Å². The second kappa shape index (κ2) is 4.97. The summed E-state index contributed by atoms with van der Waals surface area (Å²) in [5.41, 5.74) is 3.30. The minimum Gasteiger partial charge on any atom is -0.328 e. The quantitative estimate of drug-likeness (QED) is 0.850. The third-order valence-electron chi connectivity index (χ3n) is 3.61. The van der Waals surface area contributed by atoms with Crippen molar-refractivity contribution in [2.45, 2.75) is 26.4 Å². The summed E-state index contributed by atoms with van der Waals surface area (Å²) in [6, 6.07) is 5.99. The molecule has 1 N–H and O–H groups in total. The van der Waals surface area contributed by atoms with Crippen LogP contribution < -0.4 is 5.32 Å². The van der Waals surface area contributed by atoms with E-state index < -0.39 is 0 Å². The third-order valence-corrected chi connectivity index (χ3v) is 3.61. The first-order valence-electron chi connectivity index (χ1n) is 6.68. The Morgan fingerprint density at radius 3 is 3.16 bits per heavy atom. The van der Waals surface area contributed by atoms with Crippen LogP contribution in [0.4, 0.5) is 0 Å². The average molecular weight is 255 g/mol. The van der Waals surface area contributed by atoms with Crippen molar-refractivity contribution in [2.75, 3.05) is 6.54 Å². The standard InChI is InChI=1S/C15H17N3O/c1-2-18-8-7-17-15(18)14(19)12-4-3-11-5-6-16-10-13(11)9-12/h3-4,7-9,16H,2,5-6,10H2,1H3. The van der Waals surface area contributed by atoms with E-state index in [1.807, 2.05) is 29.8 Å². The number of benzene rings is 1. The second-order valence-corrected chi connectivity index (χ2v) is 4.78. The smallest absolute Gasteiger partial charge is 0.228 e. The maximum atomic E-state index is 12.5. The summed E-state index contributed by atoms with van der Waals surface area (Å²) in [5, 5.41) is 3.33. The molecular formula is C15H17N3O. The number of imidazole rings is 1. The zero-order chi connectivity index (χ0) is 13.2. The molecule has 1 aromatic carbocycles. The molecule has 0 atom stereocenters. The lowest BCUT2D eigenvalue weighted by atomic mass is 9.97. The summed E-state index contributed by atoms with van der Waals surface area (Å²) < 4.78 is 1.88. The van der Waals surface area contributed by atoms with Gasteiger partial charge in [-0.1, -0.05) is 12.1 Å². The Labute approximate surface area is 112 Å². The maximum Gasteiger partial charge on any atom is 0.228 e. The van der Waals surface area contributed by atoms with Gasteiger partial charge in [0.15, 0.2) is 5.82 Å². The Morgan fingerprint density at radius 2 is 2.32 bits per heavy atom. The van der Waals surface area contributed by atoms with E-state index >= 15 is 0 Å². The number of rotatable bonds is 3. The molecule has 1 aliphatic rings. The van der Waals surface area contributed by atoms with E-state index in [0.717, 1.165) is 31.6 Å². The van der Waals surface area contributed by atoms with E-state index in [-0.39, 0.29) is 5.78 Å². The molecule has 0 spiro atoms. The molecule has 2 heterocycles. The number of carbonyl (C=O) groups excluding carboxylic acids is 1. The zero-order valence-corrected chi connectivity index (χ0v) is 11.0. The first-order chi connectivity index (χ1) is 9.29. The minimum absolute atomic E-state index is 0.000207. The Hall–Kier alpha value is -1.94. The van der Waals surface area contributed by atoms with Crippen molar-refractivity contribution in [1.82, 2.24) is 14.9 Å². The second-order valence-electron chi connectivity index (χ2n) is 4.78. The van der Waals surface area contributed by atoms with Gasteiger partial charge in [0.2, 0.25) is 5.78 Å². The van der Waals surface area contributed by atoms with Gasteiger partial charge in [-0.25, -0.2) is 4.98 Å². The number of ketones is 1. The number of aromatic nitrogens is 2. The highest BCUT2D eigenvalue weighted by Gasteiger charge is 2.17. The molecule has 0 saturated heterocycles. The monoisotopic (exact) mass is 255 g/mol. The Kier molecular flexibility index (Phi) is 3.17. The predicted octanol–water partition coefficient (Wildman–Crippen LogP) is 1.78. The molecule has 4 nitrogen and oxygen atoms in total. The SMILES string of the molecule is CCn1ccnc1C(=O)c1ccc2c(c1)CNCC2. The zero-order valence-electron chi connectivity index (χ0n) is 11.0. The van der Waals surface area contributed by atoms with E-state index in [1.165, 1.54) is 11.1 Å². The van der Waals surface area contributed by atoms with Crippen LogP contribution in [0.3, 0.4) is 0 Å². The summed E-state index contributed by atoms with van der Waals surface area (Å²) in [6.45, 7) is 4.63. The molecule has 1 aliphatic heterocycles. The molecule has 4 heteroatoms. The molecule has 0 bridgehead atoms. The number of carbonyl (C=O) groups is 1. The van der Waals surface area contributed by atoms with Crippen molar-refractivity contribution in [2.24, 2.45) is 0 Å². The number of hydrogen-bond donors (Lipinski definition) is 1. The summed E-state index contributed by atoms with van der Waals surface area (Å²) in [6.07, 6.45) is 4.55. The molecule has 0 radical (unpaired) electrons. The molecule has 3 rings (SSSR count). The van der Waals surface area contributed by atoms with Crippen molar-refractivity contribution in [3.63, 3.8) is 0 Å². The maximum absolute atomic E-state index is 12.5. The van der Waals surface area contributed by atoms with Crippen LogP contribution in [0.15, 0.2) is 30.6 Å². The van der Waals surface area contributed by atoms with Crippen LogP contribution in [0.2, 0.25) is 0 Å². The lowest BCUT2D eigenvalue weighted by Crippen LogP contribution is -2.24. The molecule has 0 amide bonds. The van der Waals surface area contributed by atoms with Crippen LogP contribution in [0.25, 0.3) is 0 Å². The van der Waals surface area contributed by atoms with Gasteiger partial charge >= 0.3 is 0 Å². The number of aryl methyl sites for hydroxylation is 1. The fraction of sp³-hybridized carbons (Fsp3) is 0.333. The van der Waals surface area contributed by atoms with Crippen LogP contribution in [0.5, 0.6) is 0 Å². The molecule has 98 valence electrons. The molecule has 0 saturated carbocycles. The fourth-order valence-electron chi connectivity index (χ4n) is 2.52. The number of nitrogens with one attached hydrogen (secondary N) is 1. The molecule has 0 fully saturated rings. The fourth-order valence-corrected chi connectivity index (χ4v) is 2.52. The van der Waals surface area contributed by atoms with Gasteiger partial charge in [-0.05, 0) is 37.1 Å². The third kappa shape index (κ3) is 2.19. The largest absolute Gasteiger partial charge is 0.328 e. The number of fused-ring (bicyclic) bond motifs is 1. The van der Waals surface area contributed by atoms with Crippen LogP contribution in [-0.4, -0.2) is 21.9 Å². The first kappa shape index (κ1) is 12.1. The van der Waals surface area contributed by atoms with Crippen molar-refractivity contribution in [3.8, 4) is 0 Å². The van der Waals surface area contributed by atoms with Gasteiger partial charge in [-0.3, -0.25) is 4.79 Å². The molecule has 19 heavy (non-hydrogen) atoms. The van der Waals surface area contributed by atoms with Crippen LogP contribution in [0.1, 0.15) is 34.2 Å². The Balaban J connectivity index is 1.96. The Bertz CT molecular complexity index is 616. The van der Waals surface area contributed by atoms with Gasteiger partial charge in [-0.2, -0.15) is 0 Å². The van der Waals surface area contributed by atoms with E-state index in [4.69, 9.17) is 0 Å². The van der Waals surface area contributed by atoms with E-state index in [9.17, 15) is 4.79 Å². The summed E-state index contributed by atoms with van der Waals surface area (Å²) in [4.78, 5) is 16.6. The van der Waals surface area contributed by atoms with Gasteiger partial charge in [0.1, 0.15) is 0 Å². The molecule has 2 aromatic rings. The topological polar surface area (TPSA) is 46.9 Å². The van der Waals surface area contributed by atoms with Crippen molar-refractivity contribution < 1.29 is 4.79 Å². The lowest BCUT2D eigenvalue weighted by molar-refractivity contribution is 0.102. The van der Waals surface area contributed by atoms with Crippen LogP contribution in [0, 0.1) is 0 Å². The number of nitrogens with zero attached hydrogens (tertiary/aromatic N) is 2. The van der Waals surface area contributed by atoms with Gasteiger partial charge in [-0.15, -0.1) is 0 Å². The van der Waals surface area contributed by atoms with Gasteiger partial charge in [0.25, 0.3) is 0 Å². The lowest BCUT2D eigenvalue weighted by Gasteiger charge is -2.17. The van der Waals surface area contributed by atoms with E-state index in [2.05, 4.69) is 16.4 Å². The van der Waals surface area contributed by atoms with Crippen molar-refractivity contribution in [1.29, 1.82) is 0 Å². The van der Waals surface area contributed by atoms with Crippen LogP contribution in [-0.2, 0) is 19.5 Å². The van der Waals surface area contributed by atoms with E-state index in [1.54, 1.807) is 6.20 Å².